The number of thiazole rings is 1. The number of amides is 1. The molecular weight excluding hydrogens is 370 g/mol. The lowest BCUT2D eigenvalue weighted by Gasteiger charge is -2.34. The third-order valence-corrected chi connectivity index (χ3v) is 6.21. The van der Waals surface area contributed by atoms with Crippen molar-refractivity contribution in [1.29, 1.82) is 0 Å². The number of benzene rings is 2. The van der Waals surface area contributed by atoms with Gasteiger partial charge < -0.3 is 5.32 Å². The maximum Gasteiger partial charge on any atom is 0.344 e. The highest BCUT2D eigenvalue weighted by Crippen LogP contribution is 2.38. The van der Waals surface area contributed by atoms with Crippen LogP contribution in [-0.4, -0.2) is 32.1 Å². The fourth-order valence-electron chi connectivity index (χ4n) is 3.59. The molecule has 2 aromatic carbocycles. The van der Waals surface area contributed by atoms with Gasteiger partial charge in [-0.2, -0.15) is 4.68 Å². The molecule has 0 unspecified atom stereocenters. The Bertz CT molecular complexity index is 1110. The number of hydrogen-bond acceptors (Lipinski definition) is 5. The molecule has 4 aromatic rings. The monoisotopic (exact) mass is 389 g/mol. The fourth-order valence-corrected chi connectivity index (χ4v) is 4.54. The number of fused-ring (bicyclic) bond motifs is 1. The van der Waals surface area contributed by atoms with Crippen molar-refractivity contribution in [2.75, 3.05) is 0 Å². The predicted octanol–water partition coefficient (Wildman–Crippen LogP) is 3.98. The maximum atomic E-state index is 12.5. The molecule has 1 fully saturated rings. The van der Waals surface area contributed by atoms with Gasteiger partial charge in [0.05, 0.1) is 16.2 Å². The fraction of sp³-hybridized carbons (Fsp3) is 0.238. The van der Waals surface area contributed by atoms with Crippen molar-refractivity contribution in [1.82, 2.24) is 25.3 Å². The van der Waals surface area contributed by atoms with Crippen molar-refractivity contribution in [2.45, 2.75) is 31.2 Å². The van der Waals surface area contributed by atoms with Gasteiger partial charge in [0.2, 0.25) is 0 Å². The van der Waals surface area contributed by atoms with Gasteiger partial charge in [0.15, 0.2) is 0 Å². The highest BCUT2D eigenvalue weighted by atomic mass is 32.1. The molecule has 7 heteroatoms. The minimum Gasteiger partial charge on any atom is -0.333 e. The Morgan fingerprint density at radius 1 is 1.11 bits per heavy atom. The lowest BCUT2D eigenvalue weighted by atomic mass is 9.81. The van der Waals surface area contributed by atoms with Crippen molar-refractivity contribution in [3.8, 4) is 0 Å². The minimum atomic E-state index is -0.221. The number of nitrogens with one attached hydrogen (secondary N) is 1. The Labute approximate surface area is 166 Å². The second-order valence-electron chi connectivity index (χ2n) is 7.14. The summed E-state index contributed by atoms with van der Waals surface area (Å²) < 4.78 is 1.34. The zero-order valence-corrected chi connectivity index (χ0v) is 16.0. The lowest BCUT2D eigenvalue weighted by molar-refractivity contribution is 0.221. The van der Waals surface area contributed by atoms with Crippen LogP contribution in [0.25, 0.3) is 11.0 Å². The van der Waals surface area contributed by atoms with E-state index in [4.69, 9.17) is 4.98 Å². The highest BCUT2D eigenvalue weighted by molar-refractivity contribution is 7.09. The summed E-state index contributed by atoms with van der Waals surface area (Å²) >= 11 is 1.72. The second-order valence-corrected chi connectivity index (χ2v) is 8.03. The summed E-state index contributed by atoms with van der Waals surface area (Å²) in [4.78, 5) is 17.3. The van der Waals surface area contributed by atoms with Gasteiger partial charge in [0, 0.05) is 23.8 Å². The molecule has 28 heavy (non-hydrogen) atoms. The van der Waals surface area contributed by atoms with Crippen LogP contribution in [0.4, 0.5) is 4.79 Å². The van der Waals surface area contributed by atoms with Crippen molar-refractivity contribution in [3.05, 3.63) is 76.2 Å². The smallest absolute Gasteiger partial charge is 0.333 e. The Morgan fingerprint density at radius 3 is 2.75 bits per heavy atom. The Morgan fingerprint density at radius 2 is 1.89 bits per heavy atom. The first-order valence-electron chi connectivity index (χ1n) is 9.36. The van der Waals surface area contributed by atoms with Gasteiger partial charge in [-0.05, 0) is 30.5 Å². The normalized spacial score (nSPS) is 18.7. The van der Waals surface area contributed by atoms with Crippen LogP contribution >= 0.6 is 11.3 Å². The van der Waals surface area contributed by atoms with Crippen LogP contribution in [0.5, 0.6) is 0 Å². The molecule has 1 N–H and O–H groups in total. The summed E-state index contributed by atoms with van der Waals surface area (Å²) in [6, 6.07) is 17.8. The zero-order chi connectivity index (χ0) is 18.9. The van der Waals surface area contributed by atoms with Crippen LogP contribution in [0, 0.1) is 0 Å². The first-order chi connectivity index (χ1) is 13.8. The Kier molecular flexibility index (Phi) is 4.37. The van der Waals surface area contributed by atoms with Gasteiger partial charge >= 0.3 is 6.03 Å². The summed E-state index contributed by atoms with van der Waals surface area (Å²) in [5.74, 6) is 0.423. The molecular formula is C21H19N5OS. The zero-order valence-electron chi connectivity index (χ0n) is 15.2. The van der Waals surface area contributed by atoms with Crippen LogP contribution in [0.2, 0.25) is 0 Å². The molecule has 1 amide bonds. The van der Waals surface area contributed by atoms with Crippen LogP contribution in [-0.2, 0) is 6.42 Å². The molecule has 0 bridgehead atoms. The Hall–Kier alpha value is -3.06. The minimum absolute atomic E-state index is 0.155. The van der Waals surface area contributed by atoms with E-state index in [1.54, 1.807) is 11.3 Å². The van der Waals surface area contributed by atoms with Crippen LogP contribution in [0.3, 0.4) is 0 Å². The SMILES string of the molecule is O=C(NC1CC(c2nc(Cc3ccccc3)cs2)C1)n1nnc2ccccc21. The first kappa shape index (κ1) is 17.1. The third kappa shape index (κ3) is 3.29. The molecule has 6 nitrogen and oxygen atoms in total. The topological polar surface area (TPSA) is 72.7 Å². The summed E-state index contributed by atoms with van der Waals surface area (Å²) in [5.41, 5.74) is 3.84. The van der Waals surface area contributed by atoms with E-state index in [1.807, 2.05) is 30.3 Å². The summed E-state index contributed by atoms with van der Waals surface area (Å²) in [6.07, 6.45) is 2.69. The number of nitrogens with zero attached hydrogens (tertiary/aromatic N) is 4. The number of para-hydroxylation sites is 1. The largest absolute Gasteiger partial charge is 0.344 e. The van der Waals surface area contributed by atoms with Gasteiger partial charge in [0.1, 0.15) is 5.52 Å². The van der Waals surface area contributed by atoms with Crippen LogP contribution in [0.1, 0.15) is 35.0 Å². The molecule has 1 aliphatic rings. The predicted molar refractivity (Wildman–Crippen MR) is 109 cm³/mol. The van der Waals surface area contributed by atoms with E-state index >= 15 is 0 Å². The van der Waals surface area contributed by atoms with Crippen molar-refractivity contribution in [3.63, 3.8) is 0 Å². The number of aromatic nitrogens is 4. The van der Waals surface area contributed by atoms with Gasteiger partial charge in [-0.15, -0.1) is 16.4 Å². The maximum absolute atomic E-state index is 12.5. The molecule has 0 spiro atoms. The van der Waals surface area contributed by atoms with Crippen molar-refractivity contribution in [2.24, 2.45) is 0 Å². The number of rotatable bonds is 4. The molecule has 0 aliphatic heterocycles. The van der Waals surface area contributed by atoms with E-state index in [0.717, 1.165) is 36.0 Å². The van der Waals surface area contributed by atoms with E-state index in [0.29, 0.717) is 5.92 Å². The van der Waals surface area contributed by atoms with Crippen LogP contribution < -0.4 is 5.32 Å². The Balaban J connectivity index is 1.18. The molecule has 2 heterocycles. The van der Waals surface area contributed by atoms with E-state index in [1.165, 1.54) is 15.3 Å². The summed E-state index contributed by atoms with van der Waals surface area (Å²) in [7, 11) is 0. The van der Waals surface area contributed by atoms with E-state index in [2.05, 4.69) is 45.3 Å². The van der Waals surface area contributed by atoms with Gasteiger partial charge in [-0.3, -0.25) is 0 Å². The van der Waals surface area contributed by atoms with E-state index in [9.17, 15) is 4.79 Å². The van der Waals surface area contributed by atoms with Gasteiger partial charge in [0.25, 0.3) is 0 Å². The van der Waals surface area contributed by atoms with Gasteiger partial charge in [-0.1, -0.05) is 47.7 Å². The van der Waals surface area contributed by atoms with E-state index in [-0.39, 0.29) is 12.1 Å². The van der Waals surface area contributed by atoms with Crippen molar-refractivity contribution >= 4 is 28.4 Å². The molecule has 1 aliphatic carbocycles. The lowest BCUT2D eigenvalue weighted by Crippen LogP contribution is -2.45. The van der Waals surface area contributed by atoms with Gasteiger partial charge in [-0.25, -0.2) is 9.78 Å². The van der Waals surface area contributed by atoms with Crippen LogP contribution in [0.15, 0.2) is 60.0 Å². The standard InChI is InChI=1S/C21H19N5OS/c27-21(26-19-9-5-4-8-18(19)24-25-26)23-16-11-15(12-16)20-22-17(13-28-20)10-14-6-2-1-3-7-14/h1-9,13,15-16H,10-12H2,(H,23,27). The number of carbonyl (C=O) groups is 1. The molecule has 0 saturated heterocycles. The molecule has 0 radical (unpaired) electrons. The number of hydrogen-bond donors (Lipinski definition) is 1. The third-order valence-electron chi connectivity index (χ3n) is 5.16. The average molecular weight is 389 g/mol. The molecule has 0 atom stereocenters. The molecule has 2 aromatic heterocycles. The molecule has 140 valence electrons. The quantitative estimate of drug-likeness (QED) is 0.573. The second kappa shape index (κ2) is 7.16. The highest BCUT2D eigenvalue weighted by Gasteiger charge is 2.34. The van der Waals surface area contributed by atoms with E-state index < -0.39 is 0 Å². The number of carbonyl (C=O) groups excluding carboxylic acids is 1. The summed E-state index contributed by atoms with van der Waals surface area (Å²) in [6.45, 7) is 0. The first-order valence-corrected chi connectivity index (χ1v) is 10.2. The van der Waals surface area contributed by atoms with Crippen molar-refractivity contribution < 1.29 is 4.79 Å². The summed E-state index contributed by atoms with van der Waals surface area (Å²) in [5, 5.41) is 14.4. The average Bonchev–Trinajstić information content (AvgIpc) is 3.32. The molecule has 1 saturated carbocycles. The molecule has 5 rings (SSSR count).